The van der Waals surface area contributed by atoms with Gasteiger partial charge in [0.1, 0.15) is 16.5 Å². The third-order valence-corrected chi connectivity index (χ3v) is 7.15. The number of nitrogens with one attached hydrogen (secondary N) is 1. The topological polar surface area (TPSA) is 81.4 Å². The molecule has 2 amide bonds. The van der Waals surface area contributed by atoms with Gasteiger partial charge in [0.15, 0.2) is 5.82 Å². The number of fused-ring (bicyclic) bond motifs is 1. The number of hydrogen-bond acceptors (Lipinski definition) is 4. The highest BCUT2D eigenvalue weighted by Gasteiger charge is 2.41. The molecule has 196 valence electrons. The van der Waals surface area contributed by atoms with Crippen LogP contribution < -0.4 is 20.5 Å². The average Bonchev–Trinajstić information content (AvgIpc) is 3.29. The molecule has 5 rings (SSSR count). The number of anilines is 2. The third-order valence-electron chi connectivity index (χ3n) is 6.63. The zero-order chi connectivity index (χ0) is 27.1. The summed E-state index contributed by atoms with van der Waals surface area (Å²) in [6.07, 6.45) is 1.65. The Morgan fingerprint density at radius 1 is 1.08 bits per heavy atom. The molecule has 1 atom stereocenters. The van der Waals surface area contributed by atoms with Crippen molar-refractivity contribution >= 4 is 40.7 Å². The summed E-state index contributed by atoms with van der Waals surface area (Å²) in [6, 6.07) is 15.5. The Kier molecular flexibility index (Phi) is 6.94. The molecule has 1 N–H and O–H groups in total. The van der Waals surface area contributed by atoms with E-state index in [0.29, 0.717) is 28.8 Å². The predicted molar refractivity (Wildman–Crippen MR) is 150 cm³/mol. The summed E-state index contributed by atoms with van der Waals surface area (Å²) in [6.45, 7) is 6.41. The van der Waals surface area contributed by atoms with E-state index in [9.17, 15) is 9.59 Å². The maximum absolute atomic E-state index is 13.7. The van der Waals surface area contributed by atoms with Gasteiger partial charge in [-0.25, -0.2) is 9.48 Å². The van der Waals surface area contributed by atoms with Crippen molar-refractivity contribution in [2.45, 2.75) is 39.3 Å². The lowest BCUT2D eigenvalue weighted by atomic mass is 9.91. The molecule has 0 spiro atoms. The molecule has 2 aromatic carbocycles. The highest BCUT2D eigenvalue weighted by Crippen LogP contribution is 2.45. The lowest BCUT2D eigenvalue weighted by Crippen LogP contribution is -2.43. The van der Waals surface area contributed by atoms with Gasteiger partial charge in [-0.1, -0.05) is 61.3 Å². The van der Waals surface area contributed by atoms with Gasteiger partial charge in [0.25, 0.3) is 5.56 Å². The van der Waals surface area contributed by atoms with Gasteiger partial charge in [0, 0.05) is 23.3 Å². The zero-order valence-electron chi connectivity index (χ0n) is 21.4. The maximum atomic E-state index is 13.7. The van der Waals surface area contributed by atoms with Crippen LogP contribution in [0.1, 0.15) is 49.6 Å². The van der Waals surface area contributed by atoms with Crippen molar-refractivity contribution in [3.63, 3.8) is 0 Å². The number of hydrogen-bond donors (Lipinski definition) is 1. The van der Waals surface area contributed by atoms with Crippen molar-refractivity contribution in [3.05, 3.63) is 98.0 Å². The van der Waals surface area contributed by atoms with E-state index in [1.54, 1.807) is 30.3 Å². The lowest BCUT2D eigenvalue weighted by molar-refractivity contribution is 0.254. The quantitative estimate of drug-likeness (QED) is 0.291. The molecule has 8 nitrogen and oxygen atoms in total. The second-order valence-electron chi connectivity index (χ2n) is 9.28. The number of benzene rings is 2. The van der Waals surface area contributed by atoms with Gasteiger partial charge >= 0.3 is 6.03 Å². The van der Waals surface area contributed by atoms with Crippen LogP contribution in [0, 0.1) is 0 Å². The highest BCUT2D eigenvalue weighted by atomic mass is 35.5. The summed E-state index contributed by atoms with van der Waals surface area (Å²) in [5.41, 5.74) is 3.50. The second kappa shape index (κ2) is 10.2. The molecule has 1 aliphatic rings. The summed E-state index contributed by atoms with van der Waals surface area (Å²) < 4.78 is 8.95. The summed E-state index contributed by atoms with van der Waals surface area (Å²) in [7, 11) is 1.61. The van der Waals surface area contributed by atoms with E-state index >= 15 is 0 Å². The molecular formula is C28H27Cl2N5O3. The van der Waals surface area contributed by atoms with Crippen LogP contribution in [-0.4, -0.2) is 27.5 Å². The number of carbonyl (C=O) groups is 1. The fraction of sp³-hybridized carbons (Fsp3) is 0.250. The number of aryl methyl sites for hydroxylation is 1. The first-order valence-electron chi connectivity index (χ1n) is 12.3. The molecule has 0 aliphatic carbocycles. The molecule has 10 heteroatoms. The van der Waals surface area contributed by atoms with Crippen LogP contribution in [0.3, 0.4) is 0 Å². The molecular weight excluding hydrogens is 525 g/mol. The Labute approximate surface area is 230 Å². The minimum atomic E-state index is -0.573. The molecule has 38 heavy (non-hydrogen) atoms. The molecule has 0 bridgehead atoms. The Morgan fingerprint density at radius 3 is 2.45 bits per heavy atom. The Morgan fingerprint density at radius 2 is 1.79 bits per heavy atom. The third kappa shape index (κ3) is 4.33. The zero-order valence-corrected chi connectivity index (χ0v) is 22.9. The van der Waals surface area contributed by atoms with E-state index in [1.807, 2.05) is 48.0 Å². The van der Waals surface area contributed by atoms with E-state index in [2.05, 4.69) is 19.2 Å². The van der Waals surface area contributed by atoms with Crippen molar-refractivity contribution in [1.29, 1.82) is 0 Å². The fourth-order valence-electron chi connectivity index (χ4n) is 4.93. The van der Waals surface area contributed by atoms with E-state index < -0.39 is 12.1 Å². The van der Waals surface area contributed by atoms with Crippen LogP contribution in [0.15, 0.2) is 65.6 Å². The summed E-state index contributed by atoms with van der Waals surface area (Å²) >= 11 is 12.6. The van der Waals surface area contributed by atoms with E-state index in [4.69, 9.17) is 33.0 Å². The van der Waals surface area contributed by atoms with Gasteiger partial charge in [-0.05, 0) is 48.7 Å². The number of carbonyl (C=O) groups excluding carboxylic acids is 1. The minimum Gasteiger partial charge on any atom is -0.494 e. The number of rotatable bonds is 6. The van der Waals surface area contributed by atoms with Gasteiger partial charge in [-0.15, -0.1) is 5.10 Å². The average molecular weight is 552 g/mol. The normalized spacial score (nSPS) is 15.0. The number of urea groups is 1. The van der Waals surface area contributed by atoms with Crippen molar-refractivity contribution in [2.75, 3.05) is 17.3 Å². The first-order chi connectivity index (χ1) is 18.2. The maximum Gasteiger partial charge on any atom is 0.328 e. The monoisotopic (exact) mass is 551 g/mol. The number of nitrogens with zero attached hydrogens (tertiary/aromatic N) is 4. The molecule has 1 unspecified atom stereocenters. The number of para-hydroxylation sites is 2. The number of ether oxygens (including phenoxy) is 1. The number of amides is 2. The van der Waals surface area contributed by atoms with E-state index in [-0.39, 0.29) is 16.5 Å². The van der Waals surface area contributed by atoms with Crippen LogP contribution in [-0.2, 0) is 6.54 Å². The first kappa shape index (κ1) is 25.9. The highest BCUT2D eigenvalue weighted by molar-refractivity contribution is 6.31. The van der Waals surface area contributed by atoms with Crippen molar-refractivity contribution in [1.82, 2.24) is 14.3 Å². The SMILES string of the molecule is CCn1cc(N2C(=O)Nc3nn(-c4ccccc4OC)c(C(C)C)c3C2c2ccc(Cl)cc2)cc(Cl)c1=O. The van der Waals surface area contributed by atoms with Gasteiger partial charge in [-0.2, -0.15) is 0 Å². The first-order valence-corrected chi connectivity index (χ1v) is 13.0. The van der Waals surface area contributed by atoms with Crippen molar-refractivity contribution < 1.29 is 9.53 Å². The number of pyridine rings is 1. The Hall–Kier alpha value is -3.75. The molecule has 0 saturated carbocycles. The smallest absolute Gasteiger partial charge is 0.328 e. The summed E-state index contributed by atoms with van der Waals surface area (Å²) in [4.78, 5) is 27.9. The fourth-order valence-corrected chi connectivity index (χ4v) is 5.28. The molecule has 0 saturated heterocycles. The van der Waals surface area contributed by atoms with Gasteiger partial charge < -0.3 is 9.30 Å². The van der Waals surface area contributed by atoms with Gasteiger partial charge in [0.05, 0.1) is 24.5 Å². The largest absolute Gasteiger partial charge is 0.494 e. The number of methoxy groups -OCH3 is 1. The van der Waals surface area contributed by atoms with Gasteiger partial charge in [-0.3, -0.25) is 15.0 Å². The molecule has 0 radical (unpaired) electrons. The Bertz CT molecular complexity index is 1580. The van der Waals surface area contributed by atoms with Crippen LogP contribution >= 0.6 is 23.2 Å². The second-order valence-corrected chi connectivity index (χ2v) is 10.1. The molecule has 3 heterocycles. The number of aromatic nitrogens is 3. The molecule has 4 aromatic rings. The number of halogens is 2. The lowest BCUT2D eigenvalue weighted by Gasteiger charge is -2.37. The molecule has 0 fully saturated rings. The van der Waals surface area contributed by atoms with Crippen LogP contribution in [0.4, 0.5) is 16.3 Å². The minimum absolute atomic E-state index is 0.0241. The van der Waals surface area contributed by atoms with E-state index in [1.165, 1.54) is 10.6 Å². The Balaban J connectivity index is 1.82. The standard InChI is InChI=1S/C28H27Cl2N5O3/c1-5-33-15-19(14-20(30)27(33)36)34-25(17-10-12-18(29)13-11-17)23-24(16(2)3)35(32-26(23)31-28(34)37)21-8-6-7-9-22(21)38-4/h6-16,25H,5H2,1-4H3,(H,31,32,37). The van der Waals surface area contributed by atoms with Crippen molar-refractivity contribution in [3.8, 4) is 11.4 Å². The van der Waals surface area contributed by atoms with Gasteiger partial charge in [0.2, 0.25) is 0 Å². The summed E-state index contributed by atoms with van der Waals surface area (Å²) in [5, 5.41) is 8.45. The molecule has 2 aromatic heterocycles. The summed E-state index contributed by atoms with van der Waals surface area (Å²) in [5.74, 6) is 1.13. The van der Waals surface area contributed by atoms with Crippen LogP contribution in [0.25, 0.3) is 5.69 Å². The van der Waals surface area contributed by atoms with Crippen molar-refractivity contribution in [2.24, 2.45) is 0 Å². The van der Waals surface area contributed by atoms with Crippen LogP contribution in [0.2, 0.25) is 10.0 Å². The predicted octanol–water partition coefficient (Wildman–Crippen LogP) is 6.63. The van der Waals surface area contributed by atoms with Crippen LogP contribution in [0.5, 0.6) is 5.75 Å². The molecule has 1 aliphatic heterocycles. The van der Waals surface area contributed by atoms with E-state index in [0.717, 1.165) is 22.5 Å².